The Kier molecular flexibility index (Phi) is 3.65. The lowest BCUT2D eigenvalue weighted by Crippen LogP contribution is -2.28. The van der Waals surface area contributed by atoms with Gasteiger partial charge in [0.2, 0.25) is 16.8 Å². The third-order valence-electron chi connectivity index (χ3n) is 2.89. The fraction of sp³-hybridized carbons (Fsp3) is 0.500. The average Bonchev–Trinajstić information content (AvgIpc) is 2.82. The molecule has 0 aliphatic carbocycles. The molecule has 1 aliphatic heterocycles. The molecule has 5 nitrogen and oxygen atoms in total. The lowest BCUT2D eigenvalue weighted by atomic mass is 10.3. The summed E-state index contributed by atoms with van der Waals surface area (Å²) in [6.07, 6.45) is 1.52. The Balaban J connectivity index is 2.21. The molecule has 0 radical (unpaired) electrons. The zero-order valence-corrected chi connectivity index (χ0v) is 11.4. The minimum atomic E-state index is -3.26. The third kappa shape index (κ3) is 2.53. The topological polar surface area (TPSA) is 55.8 Å². The molecule has 1 aliphatic rings. The van der Waals surface area contributed by atoms with Gasteiger partial charge in [-0.3, -0.25) is 4.31 Å². The van der Waals surface area contributed by atoms with Gasteiger partial charge in [0.05, 0.1) is 11.4 Å². The van der Waals surface area contributed by atoms with E-state index in [-0.39, 0.29) is 12.5 Å². The fourth-order valence-corrected chi connectivity index (χ4v) is 3.07. The van der Waals surface area contributed by atoms with E-state index in [4.69, 9.17) is 9.47 Å². The molecule has 0 saturated carbocycles. The monoisotopic (exact) mass is 271 g/mol. The molecule has 0 saturated heterocycles. The first-order chi connectivity index (χ1) is 8.54. The smallest absolute Gasteiger partial charge is 0.234 e. The number of anilines is 1. The molecule has 0 fully saturated rings. The highest BCUT2D eigenvalue weighted by atomic mass is 32.2. The van der Waals surface area contributed by atoms with Crippen molar-refractivity contribution in [2.24, 2.45) is 0 Å². The molecule has 0 spiro atoms. The van der Waals surface area contributed by atoms with Gasteiger partial charge in [0.25, 0.3) is 0 Å². The Morgan fingerprint density at radius 1 is 1.28 bits per heavy atom. The Bertz CT molecular complexity index is 527. The number of ether oxygens (including phenoxy) is 2. The zero-order valence-electron chi connectivity index (χ0n) is 10.5. The summed E-state index contributed by atoms with van der Waals surface area (Å²) in [5, 5.41) is 0. The van der Waals surface area contributed by atoms with Crippen LogP contribution in [0.3, 0.4) is 0 Å². The maximum absolute atomic E-state index is 12.0. The Labute approximate surface area is 107 Å². The SMILES string of the molecule is CCCCS(=O)(=O)N(C)c1ccc2c(c1)OCO2. The number of fused-ring (bicyclic) bond motifs is 1. The van der Waals surface area contributed by atoms with E-state index < -0.39 is 10.0 Å². The van der Waals surface area contributed by atoms with Crippen molar-refractivity contribution in [3.8, 4) is 11.5 Å². The van der Waals surface area contributed by atoms with Gasteiger partial charge in [0.1, 0.15) is 0 Å². The lowest BCUT2D eigenvalue weighted by molar-refractivity contribution is 0.174. The van der Waals surface area contributed by atoms with E-state index in [1.54, 1.807) is 25.2 Å². The van der Waals surface area contributed by atoms with E-state index >= 15 is 0 Å². The van der Waals surface area contributed by atoms with Crippen LogP contribution in [0.2, 0.25) is 0 Å². The average molecular weight is 271 g/mol. The zero-order chi connectivity index (χ0) is 13.2. The summed E-state index contributed by atoms with van der Waals surface area (Å²) in [5.41, 5.74) is 0.593. The molecule has 2 rings (SSSR count). The first kappa shape index (κ1) is 13.0. The summed E-state index contributed by atoms with van der Waals surface area (Å²) in [4.78, 5) is 0. The molecule has 100 valence electrons. The van der Waals surface area contributed by atoms with Crippen molar-refractivity contribution in [1.82, 2.24) is 0 Å². The molecular formula is C12H17NO4S. The molecule has 18 heavy (non-hydrogen) atoms. The second-order valence-electron chi connectivity index (χ2n) is 4.17. The van der Waals surface area contributed by atoms with Crippen molar-refractivity contribution < 1.29 is 17.9 Å². The summed E-state index contributed by atoms with van der Waals surface area (Å²) in [6.45, 7) is 2.15. The van der Waals surface area contributed by atoms with E-state index in [0.29, 0.717) is 23.6 Å². The van der Waals surface area contributed by atoms with Crippen LogP contribution < -0.4 is 13.8 Å². The highest BCUT2D eigenvalue weighted by molar-refractivity contribution is 7.92. The number of benzene rings is 1. The maximum atomic E-state index is 12.0. The number of hydrogen-bond acceptors (Lipinski definition) is 4. The van der Waals surface area contributed by atoms with Gasteiger partial charge in [-0.1, -0.05) is 13.3 Å². The quantitative estimate of drug-likeness (QED) is 0.821. The van der Waals surface area contributed by atoms with E-state index in [1.165, 1.54) is 4.31 Å². The van der Waals surface area contributed by atoms with E-state index in [1.807, 2.05) is 6.92 Å². The second kappa shape index (κ2) is 5.06. The van der Waals surface area contributed by atoms with Gasteiger partial charge in [-0.05, 0) is 18.6 Å². The van der Waals surface area contributed by atoms with Gasteiger partial charge >= 0.3 is 0 Å². The number of sulfonamides is 1. The molecule has 1 heterocycles. The summed E-state index contributed by atoms with van der Waals surface area (Å²) in [5.74, 6) is 1.40. The Hall–Kier alpha value is -1.43. The van der Waals surface area contributed by atoms with Gasteiger partial charge in [0, 0.05) is 13.1 Å². The fourth-order valence-electron chi connectivity index (χ4n) is 1.71. The summed E-state index contributed by atoms with van der Waals surface area (Å²) in [6, 6.07) is 5.13. The van der Waals surface area contributed by atoms with Crippen LogP contribution >= 0.6 is 0 Å². The minimum Gasteiger partial charge on any atom is -0.454 e. The van der Waals surface area contributed by atoms with Crippen LogP contribution in [0.1, 0.15) is 19.8 Å². The van der Waals surface area contributed by atoms with E-state index in [9.17, 15) is 8.42 Å². The van der Waals surface area contributed by atoms with E-state index in [2.05, 4.69) is 0 Å². The molecule has 0 N–H and O–H groups in total. The standard InChI is InChI=1S/C12H17NO4S/c1-3-4-7-18(14,15)13(2)10-5-6-11-12(8-10)17-9-16-11/h5-6,8H,3-4,7,9H2,1-2H3. The molecular weight excluding hydrogens is 254 g/mol. The van der Waals surface area contributed by atoms with Crippen LogP contribution in [0.5, 0.6) is 11.5 Å². The first-order valence-electron chi connectivity index (χ1n) is 5.91. The Morgan fingerprint density at radius 2 is 2.00 bits per heavy atom. The van der Waals surface area contributed by atoms with Crippen LogP contribution in [0.15, 0.2) is 18.2 Å². The predicted molar refractivity (Wildman–Crippen MR) is 69.7 cm³/mol. The van der Waals surface area contributed by atoms with Crippen molar-refractivity contribution in [3.63, 3.8) is 0 Å². The van der Waals surface area contributed by atoms with Crippen molar-refractivity contribution in [2.45, 2.75) is 19.8 Å². The molecule has 6 heteroatoms. The van der Waals surface area contributed by atoms with Crippen molar-refractivity contribution >= 4 is 15.7 Å². The Morgan fingerprint density at radius 3 is 2.72 bits per heavy atom. The summed E-state index contributed by atoms with van der Waals surface area (Å²) < 4.78 is 35.8. The molecule has 1 aromatic rings. The highest BCUT2D eigenvalue weighted by Crippen LogP contribution is 2.35. The summed E-state index contributed by atoms with van der Waals surface area (Å²) >= 11 is 0. The van der Waals surface area contributed by atoms with Gasteiger partial charge in [-0.2, -0.15) is 0 Å². The lowest BCUT2D eigenvalue weighted by Gasteiger charge is -2.19. The van der Waals surface area contributed by atoms with E-state index in [0.717, 1.165) is 6.42 Å². The number of hydrogen-bond donors (Lipinski definition) is 0. The summed E-state index contributed by atoms with van der Waals surface area (Å²) in [7, 11) is -1.70. The number of unbranched alkanes of at least 4 members (excludes halogenated alkanes) is 1. The highest BCUT2D eigenvalue weighted by Gasteiger charge is 2.21. The maximum Gasteiger partial charge on any atom is 0.234 e. The van der Waals surface area contributed by atoms with Crippen LogP contribution in [-0.4, -0.2) is 28.0 Å². The third-order valence-corrected chi connectivity index (χ3v) is 4.74. The van der Waals surface area contributed by atoms with Gasteiger partial charge < -0.3 is 9.47 Å². The van der Waals surface area contributed by atoms with Crippen LogP contribution in [0.4, 0.5) is 5.69 Å². The van der Waals surface area contributed by atoms with Crippen LogP contribution in [0.25, 0.3) is 0 Å². The van der Waals surface area contributed by atoms with Crippen LogP contribution in [0, 0.1) is 0 Å². The first-order valence-corrected chi connectivity index (χ1v) is 7.52. The second-order valence-corrected chi connectivity index (χ2v) is 6.29. The van der Waals surface area contributed by atoms with Crippen LogP contribution in [-0.2, 0) is 10.0 Å². The minimum absolute atomic E-state index is 0.161. The van der Waals surface area contributed by atoms with Gasteiger partial charge in [-0.25, -0.2) is 8.42 Å². The largest absolute Gasteiger partial charge is 0.454 e. The molecule has 0 amide bonds. The predicted octanol–water partition coefficient (Wildman–Crippen LogP) is 1.98. The van der Waals surface area contributed by atoms with Crippen molar-refractivity contribution in [2.75, 3.05) is 23.9 Å². The molecule has 1 aromatic carbocycles. The molecule has 0 atom stereocenters. The number of nitrogens with zero attached hydrogens (tertiary/aromatic N) is 1. The molecule has 0 unspecified atom stereocenters. The van der Waals surface area contributed by atoms with Crippen molar-refractivity contribution in [3.05, 3.63) is 18.2 Å². The van der Waals surface area contributed by atoms with Gasteiger partial charge in [-0.15, -0.1) is 0 Å². The normalized spacial score (nSPS) is 13.7. The number of rotatable bonds is 5. The van der Waals surface area contributed by atoms with Crippen molar-refractivity contribution in [1.29, 1.82) is 0 Å². The van der Waals surface area contributed by atoms with Gasteiger partial charge in [0.15, 0.2) is 11.5 Å². The molecule has 0 bridgehead atoms. The molecule has 0 aromatic heterocycles.